The number of halogens is 1. The van der Waals surface area contributed by atoms with Gasteiger partial charge in [-0.25, -0.2) is 0 Å². The third kappa shape index (κ3) is 8.56. The van der Waals surface area contributed by atoms with Crippen molar-refractivity contribution in [3.63, 3.8) is 0 Å². The number of rotatable bonds is 9. The first-order chi connectivity index (χ1) is 10.3. The molecule has 0 aliphatic heterocycles. The fraction of sp³-hybridized carbons (Fsp3) is 0.400. The summed E-state index contributed by atoms with van der Waals surface area (Å²) in [5.74, 6) is 6.52. The van der Waals surface area contributed by atoms with Gasteiger partial charge in [0, 0.05) is 0 Å². The average Bonchev–Trinajstić information content (AvgIpc) is 2.53. The minimum atomic E-state index is 0.403. The molecule has 5 nitrogen and oxygen atoms in total. The Balaban J connectivity index is 2.46. The van der Waals surface area contributed by atoms with E-state index in [2.05, 4.69) is 32.5 Å². The summed E-state index contributed by atoms with van der Waals surface area (Å²) in [6, 6.07) is 9.50. The number of hydrogen-bond acceptors (Lipinski definition) is 5. The van der Waals surface area contributed by atoms with Gasteiger partial charge in [0.25, 0.3) is 0 Å². The van der Waals surface area contributed by atoms with Crippen LogP contribution in [0.3, 0.4) is 0 Å². The summed E-state index contributed by atoms with van der Waals surface area (Å²) in [6.45, 7) is 2.26. The zero-order chi connectivity index (χ0) is 15.3. The van der Waals surface area contributed by atoms with Crippen molar-refractivity contribution in [1.82, 2.24) is 5.43 Å². The molecule has 0 heterocycles. The Morgan fingerprint density at radius 2 is 2.14 bits per heavy atom. The molecule has 0 amide bonds. The summed E-state index contributed by atoms with van der Waals surface area (Å²) in [5, 5.41) is 8.10. The van der Waals surface area contributed by atoms with Crippen molar-refractivity contribution in [2.45, 2.75) is 19.8 Å². The molecule has 116 valence electrons. The van der Waals surface area contributed by atoms with Crippen molar-refractivity contribution in [3.05, 3.63) is 42.4 Å². The molecule has 0 saturated heterocycles. The first kappa shape index (κ1) is 17.8. The van der Waals surface area contributed by atoms with E-state index in [4.69, 9.17) is 5.84 Å². The standard InChI is InChI=1S/C15H23IN5/c1-13(8-10-16-2)9-11-18-12-15(19-17)21-20-14-6-4-3-5-7-14/h3-7,11-13,19H,8-10,17H2,1-2H3/q-1. The zero-order valence-corrected chi connectivity index (χ0v) is 14.7. The molecule has 1 unspecified atom stereocenters. The van der Waals surface area contributed by atoms with Crippen LogP contribution in [0.25, 0.3) is 0 Å². The van der Waals surface area contributed by atoms with E-state index in [0.717, 1.165) is 12.1 Å². The molecule has 1 aromatic carbocycles. The van der Waals surface area contributed by atoms with Gasteiger partial charge < -0.3 is 0 Å². The van der Waals surface area contributed by atoms with Gasteiger partial charge in [-0.3, -0.25) is 0 Å². The Bertz CT molecular complexity index is 470. The van der Waals surface area contributed by atoms with Crippen molar-refractivity contribution < 1.29 is 21.2 Å². The van der Waals surface area contributed by atoms with E-state index >= 15 is 0 Å². The second-order valence-corrected chi connectivity index (χ2v) is 7.22. The third-order valence-electron chi connectivity index (χ3n) is 2.78. The van der Waals surface area contributed by atoms with Crippen LogP contribution in [-0.4, -0.2) is 15.6 Å². The van der Waals surface area contributed by atoms with Crippen molar-refractivity contribution >= 4 is 11.9 Å². The molecule has 0 radical (unpaired) electrons. The summed E-state index contributed by atoms with van der Waals surface area (Å²) >= 11 is 0.403. The van der Waals surface area contributed by atoms with Gasteiger partial charge in [-0.2, -0.15) is 0 Å². The minimum absolute atomic E-state index is 0.403. The molecular weight excluding hydrogens is 377 g/mol. The van der Waals surface area contributed by atoms with Gasteiger partial charge in [0.2, 0.25) is 0 Å². The summed E-state index contributed by atoms with van der Waals surface area (Å²) in [5.41, 5.74) is 3.26. The molecular formula is C15H23IN5-. The topological polar surface area (TPSA) is 75.1 Å². The monoisotopic (exact) mass is 400 g/mol. The molecule has 1 rings (SSSR count). The van der Waals surface area contributed by atoms with Crippen LogP contribution in [0, 0.1) is 5.92 Å². The fourth-order valence-electron chi connectivity index (χ4n) is 1.48. The number of aliphatic imine (C=N–C) groups is 1. The number of azo groups is 1. The molecule has 0 spiro atoms. The van der Waals surface area contributed by atoms with Crippen LogP contribution >= 0.6 is 0 Å². The summed E-state index contributed by atoms with van der Waals surface area (Å²) in [4.78, 5) is 6.55. The van der Waals surface area contributed by atoms with E-state index in [1.54, 1.807) is 6.20 Å². The molecule has 0 aromatic heterocycles. The Hall–Kier alpha value is -1.28. The van der Waals surface area contributed by atoms with Crippen LogP contribution in [-0.2, 0) is 0 Å². The quantitative estimate of drug-likeness (QED) is 0.156. The second-order valence-electron chi connectivity index (χ2n) is 4.61. The first-order valence-corrected chi connectivity index (χ1v) is 10.5. The maximum absolute atomic E-state index is 5.40. The fourth-order valence-corrected chi connectivity index (χ4v) is 3.16. The predicted molar refractivity (Wildman–Crippen MR) is 84.0 cm³/mol. The molecule has 1 atom stereocenters. The van der Waals surface area contributed by atoms with Crippen LogP contribution in [0.5, 0.6) is 0 Å². The third-order valence-corrected chi connectivity index (χ3v) is 4.48. The number of nitrogens with one attached hydrogen (secondary N) is 1. The van der Waals surface area contributed by atoms with Crippen LogP contribution < -0.4 is 32.5 Å². The normalized spacial score (nSPS) is 14.1. The predicted octanol–water partition coefficient (Wildman–Crippen LogP) is 0.238. The van der Waals surface area contributed by atoms with E-state index in [1.165, 1.54) is 10.8 Å². The molecule has 0 fully saturated rings. The SMILES string of the molecule is C[I-]CCC(C)CC=NC=C(N=Nc1ccccc1)NN. The van der Waals surface area contributed by atoms with E-state index in [-0.39, 0.29) is 0 Å². The summed E-state index contributed by atoms with van der Waals surface area (Å²) in [7, 11) is 0. The maximum atomic E-state index is 5.40. The Labute approximate surface area is 137 Å². The number of hydrogen-bond donors (Lipinski definition) is 2. The van der Waals surface area contributed by atoms with Crippen molar-refractivity contribution in [2.24, 2.45) is 27.0 Å². The van der Waals surface area contributed by atoms with Gasteiger partial charge in [-0.1, -0.05) is 18.2 Å². The van der Waals surface area contributed by atoms with E-state index < -0.39 is 0 Å². The van der Waals surface area contributed by atoms with Crippen LogP contribution in [0.2, 0.25) is 0 Å². The van der Waals surface area contributed by atoms with Crippen LogP contribution in [0.4, 0.5) is 5.69 Å². The van der Waals surface area contributed by atoms with Gasteiger partial charge in [0.05, 0.1) is 0 Å². The molecule has 0 aliphatic rings. The molecule has 0 aliphatic carbocycles. The van der Waals surface area contributed by atoms with Gasteiger partial charge in [0.15, 0.2) is 0 Å². The average molecular weight is 400 g/mol. The van der Waals surface area contributed by atoms with Crippen molar-refractivity contribution in [2.75, 3.05) is 9.36 Å². The number of nitrogens with zero attached hydrogens (tertiary/aromatic N) is 3. The first-order valence-electron chi connectivity index (χ1n) is 6.85. The van der Waals surface area contributed by atoms with Gasteiger partial charge in [-0.15, -0.1) is 0 Å². The van der Waals surface area contributed by atoms with Crippen LogP contribution in [0.1, 0.15) is 19.8 Å². The zero-order valence-electron chi connectivity index (χ0n) is 12.5. The molecule has 1 aromatic rings. The van der Waals surface area contributed by atoms with E-state index in [0.29, 0.717) is 32.9 Å². The number of alkyl halides is 2. The van der Waals surface area contributed by atoms with Crippen molar-refractivity contribution in [3.8, 4) is 0 Å². The number of hydrazine groups is 1. The van der Waals surface area contributed by atoms with Gasteiger partial charge in [-0.05, 0) is 0 Å². The Kier molecular flexibility index (Phi) is 9.64. The van der Waals surface area contributed by atoms with Gasteiger partial charge in [0.1, 0.15) is 0 Å². The van der Waals surface area contributed by atoms with Crippen molar-refractivity contribution in [1.29, 1.82) is 0 Å². The molecule has 0 bridgehead atoms. The summed E-state index contributed by atoms with van der Waals surface area (Å²) in [6.07, 6.45) is 5.77. The Morgan fingerprint density at radius 1 is 1.38 bits per heavy atom. The molecule has 6 heteroatoms. The second kappa shape index (κ2) is 11.4. The Morgan fingerprint density at radius 3 is 2.81 bits per heavy atom. The summed E-state index contributed by atoms with van der Waals surface area (Å²) < 4.78 is 1.38. The molecule has 21 heavy (non-hydrogen) atoms. The number of benzene rings is 1. The van der Waals surface area contributed by atoms with E-state index in [1.807, 2.05) is 36.5 Å². The molecule has 3 N–H and O–H groups in total. The van der Waals surface area contributed by atoms with Crippen LogP contribution in [0.15, 0.2) is 57.6 Å². The van der Waals surface area contributed by atoms with E-state index in [9.17, 15) is 0 Å². The molecule has 0 saturated carbocycles. The number of nitrogens with two attached hydrogens (primary N) is 1. The van der Waals surface area contributed by atoms with Gasteiger partial charge >= 0.3 is 119 Å².